The Morgan fingerprint density at radius 1 is 1.29 bits per heavy atom. The highest BCUT2D eigenvalue weighted by Crippen LogP contribution is 2.32. The molecule has 9 heteroatoms. The number of benzene rings is 1. The van der Waals surface area contributed by atoms with Gasteiger partial charge in [-0.25, -0.2) is 13.2 Å². The predicted octanol–water partition coefficient (Wildman–Crippen LogP) is 2.05. The molecule has 0 aliphatic carbocycles. The van der Waals surface area contributed by atoms with Gasteiger partial charge in [0.05, 0.1) is 17.6 Å². The summed E-state index contributed by atoms with van der Waals surface area (Å²) in [4.78, 5) is 21.6. The minimum Gasteiger partial charge on any atom is -0.465 e. The van der Waals surface area contributed by atoms with Crippen molar-refractivity contribution in [3.05, 3.63) is 33.9 Å². The van der Waals surface area contributed by atoms with E-state index in [1.807, 2.05) is 13.8 Å². The lowest BCUT2D eigenvalue weighted by Gasteiger charge is -2.33. The molecule has 1 saturated heterocycles. The first-order valence-electron chi connectivity index (χ1n) is 7.53. The number of carbonyl (C=O) groups is 1. The highest BCUT2D eigenvalue weighted by molar-refractivity contribution is 7.89. The summed E-state index contributed by atoms with van der Waals surface area (Å²) in [6.45, 7) is 4.55. The molecule has 1 aliphatic rings. The quantitative estimate of drug-likeness (QED) is 0.464. The summed E-state index contributed by atoms with van der Waals surface area (Å²) in [5.41, 5.74) is -0.688. The SMILES string of the molecule is COC(=O)c1ccc(S(=O)(=O)N2C[C@H](C)C[C@H](C)C2)c([N+](=O)[O-])c1. The second-order valence-corrected chi connectivity index (χ2v) is 8.11. The van der Waals surface area contributed by atoms with Gasteiger partial charge in [-0.05, 0) is 30.4 Å². The first-order chi connectivity index (χ1) is 11.2. The fraction of sp³-hybridized carbons (Fsp3) is 0.533. The minimum atomic E-state index is -4.01. The molecule has 1 fully saturated rings. The number of rotatable bonds is 4. The Morgan fingerprint density at radius 3 is 2.38 bits per heavy atom. The van der Waals surface area contributed by atoms with Gasteiger partial charge in [-0.1, -0.05) is 13.8 Å². The lowest BCUT2D eigenvalue weighted by Crippen LogP contribution is -2.42. The number of esters is 1. The smallest absolute Gasteiger partial charge is 0.338 e. The molecule has 132 valence electrons. The van der Waals surface area contributed by atoms with E-state index in [0.29, 0.717) is 13.1 Å². The number of hydrogen-bond acceptors (Lipinski definition) is 6. The van der Waals surface area contributed by atoms with Crippen molar-refractivity contribution >= 4 is 21.7 Å². The fourth-order valence-corrected chi connectivity index (χ4v) is 4.88. The average molecular weight is 356 g/mol. The molecule has 0 bridgehead atoms. The van der Waals surface area contributed by atoms with E-state index in [0.717, 1.165) is 25.7 Å². The summed E-state index contributed by atoms with van der Waals surface area (Å²) >= 11 is 0. The summed E-state index contributed by atoms with van der Waals surface area (Å²) < 4.78 is 31.5. The maximum absolute atomic E-state index is 12.9. The first kappa shape index (κ1) is 18.3. The molecule has 0 unspecified atom stereocenters. The van der Waals surface area contributed by atoms with Gasteiger partial charge in [0.25, 0.3) is 5.69 Å². The molecule has 8 nitrogen and oxygen atoms in total. The Kier molecular flexibility index (Phi) is 5.24. The van der Waals surface area contributed by atoms with Crippen molar-refractivity contribution in [3.8, 4) is 0 Å². The van der Waals surface area contributed by atoms with Gasteiger partial charge in [-0.3, -0.25) is 10.1 Å². The third-order valence-corrected chi connectivity index (χ3v) is 5.91. The normalized spacial score (nSPS) is 22.1. The van der Waals surface area contributed by atoms with Crippen LogP contribution in [0, 0.1) is 22.0 Å². The lowest BCUT2D eigenvalue weighted by atomic mass is 9.94. The number of nitrogens with zero attached hydrogens (tertiary/aromatic N) is 2. The fourth-order valence-electron chi connectivity index (χ4n) is 3.06. The standard InChI is InChI=1S/C15H20N2O6S/c1-10-6-11(2)9-16(8-10)24(21,22)14-5-4-12(15(18)23-3)7-13(14)17(19)20/h4-5,7,10-11H,6,8-9H2,1-3H3/t10-,11+. The molecule has 1 aromatic carbocycles. The topological polar surface area (TPSA) is 107 Å². The molecular formula is C15H20N2O6S. The minimum absolute atomic E-state index is 0.0662. The Hall–Kier alpha value is -2.00. The second-order valence-electron chi connectivity index (χ2n) is 6.20. The van der Waals surface area contributed by atoms with E-state index in [-0.39, 0.29) is 17.4 Å². The van der Waals surface area contributed by atoms with Crippen molar-refractivity contribution in [1.82, 2.24) is 4.31 Å². The van der Waals surface area contributed by atoms with Gasteiger partial charge < -0.3 is 4.74 Å². The van der Waals surface area contributed by atoms with Crippen LogP contribution >= 0.6 is 0 Å². The molecule has 2 atom stereocenters. The average Bonchev–Trinajstić information content (AvgIpc) is 2.52. The van der Waals surface area contributed by atoms with Crippen LogP contribution in [0.15, 0.2) is 23.1 Å². The van der Waals surface area contributed by atoms with Crippen molar-refractivity contribution in [1.29, 1.82) is 0 Å². The highest BCUT2D eigenvalue weighted by atomic mass is 32.2. The zero-order valence-electron chi connectivity index (χ0n) is 13.8. The molecular weight excluding hydrogens is 336 g/mol. The number of nitro groups is 1. The number of ether oxygens (including phenoxy) is 1. The lowest BCUT2D eigenvalue weighted by molar-refractivity contribution is -0.387. The van der Waals surface area contributed by atoms with Gasteiger partial charge in [-0.15, -0.1) is 0 Å². The molecule has 1 aromatic rings. The Labute approximate surface area is 140 Å². The summed E-state index contributed by atoms with van der Waals surface area (Å²) in [7, 11) is -2.87. The first-order valence-corrected chi connectivity index (χ1v) is 8.97. The van der Waals surface area contributed by atoms with Crippen LogP contribution in [0.1, 0.15) is 30.6 Å². The van der Waals surface area contributed by atoms with Crippen LogP contribution in [0.4, 0.5) is 5.69 Å². The Balaban J connectivity index is 2.49. The molecule has 2 rings (SSSR count). The second kappa shape index (κ2) is 6.86. The molecule has 24 heavy (non-hydrogen) atoms. The van der Waals surface area contributed by atoms with Crippen LogP contribution in [-0.4, -0.2) is 43.8 Å². The van der Waals surface area contributed by atoms with Crippen molar-refractivity contribution in [3.63, 3.8) is 0 Å². The van der Waals surface area contributed by atoms with E-state index < -0.39 is 31.5 Å². The molecule has 0 spiro atoms. The van der Waals surface area contributed by atoms with Gasteiger partial charge in [0, 0.05) is 19.2 Å². The summed E-state index contributed by atoms with van der Waals surface area (Å²) in [6, 6.07) is 3.27. The maximum atomic E-state index is 12.9. The van der Waals surface area contributed by atoms with E-state index in [1.54, 1.807) is 0 Å². The number of piperidine rings is 1. The zero-order valence-corrected chi connectivity index (χ0v) is 14.6. The van der Waals surface area contributed by atoms with Gasteiger partial charge in [0.15, 0.2) is 4.90 Å². The van der Waals surface area contributed by atoms with Crippen LogP contribution in [0.3, 0.4) is 0 Å². The molecule has 0 aromatic heterocycles. The molecule has 0 saturated carbocycles. The third kappa shape index (κ3) is 3.57. The van der Waals surface area contributed by atoms with E-state index in [2.05, 4.69) is 4.74 Å². The van der Waals surface area contributed by atoms with E-state index in [1.165, 1.54) is 10.4 Å². The van der Waals surface area contributed by atoms with Crippen molar-refractivity contribution in [2.24, 2.45) is 11.8 Å². The summed E-state index contributed by atoms with van der Waals surface area (Å²) in [5.74, 6) is -0.406. The van der Waals surface area contributed by atoms with Gasteiger partial charge in [0.2, 0.25) is 10.0 Å². The van der Waals surface area contributed by atoms with Gasteiger partial charge in [-0.2, -0.15) is 4.31 Å². The van der Waals surface area contributed by atoms with Gasteiger partial charge >= 0.3 is 5.97 Å². The van der Waals surface area contributed by atoms with Crippen LogP contribution in [0.25, 0.3) is 0 Å². The summed E-state index contributed by atoms with van der Waals surface area (Å²) in [6.07, 6.45) is 0.912. The molecule has 0 N–H and O–H groups in total. The predicted molar refractivity (Wildman–Crippen MR) is 86.1 cm³/mol. The van der Waals surface area contributed by atoms with Crippen molar-refractivity contribution in [2.45, 2.75) is 25.2 Å². The molecule has 0 radical (unpaired) electrons. The van der Waals surface area contributed by atoms with E-state index in [9.17, 15) is 23.3 Å². The van der Waals surface area contributed by atoms with Crippen LogP contribution in [0.5, 0.6) is 0 Å². The van der Waals surface area contributed by atoms with E-state index >= 15 is 0 Å². The van der Waals surface area contributed by atoms with Crippen LogP contribution in [0.2, 0.25) is 0 Å². The molecule has 1 heterocycles. The largest absolute Gasteiger partial charge is 0.465 e. The maximum Gasteiger partial charge on any atom is 0.338 e. The number of sulfonamides is 1. The highest BCUT2D eigenvalue weighted by Gasteiger charge is 2.36. The van der Waals surface area contributed by atoms with Crippen LogP contribution in [-0.2, 0) is 14.8 Å². The number of carbonyl (C=O) groups excluding carboxylic acids is 1. The van der Waals surface area contributed by atoms with E-state index in [4.69, 9.17) is 0 Å². The van der Waals surface area contributed by atoms with Gasteiger partial charge in [0.1, 0.15) is 0 Å². The zero-order chi connectivity index (χ0) is 18.1. The number of hydrogen-bond donors (Lipinski definition) is 0. The van der Waals surface area contributed by atoms with Crippen molar-refractivity contribution in [2.75, 3.05) is 20.2 Å². The van der Waals surface area contributed by atoms with Crippen LogP contribution < -0.4 is 0 Å². The summed E-state index contributed by atoms with van der Waals surface area (Å²) in [5, 5.41) is 11.3. The Bertz CT molecular complexity index is 751. The molecule has 0 amide bonds. The molecule has 1 aliphatic heterocycles. The number of methoxy groups -OCH3 is 1. The Morgan fingerprint density at radius 2 is 1.88 bits per heavy atom. The third-order valence-electron chi connectivity index (χ3n) is 4.03. The monoisotopic (exact) mass is 356 g/mol. The van der Waals surface area contributed by atoms with Crippen molar-refractivity contribution < 1.29 is 22.9 Å². The number of nitro benzene ring substituents is 1.